The van der Waals surface area contributed by atoms with Gasteiger partial charge in [-0.2, -0.15) is 11.8 Å². The number of thioether (sulfide) groups is 1. The van der Waals surface area contributed by atoms with Gasteiger partial charge in [-0.05, 0) is 25.2 Å². The van der Waals surface area contributed by atoms with Crippen LogP contribution in [0.2, 0.25) is 5.02 Å². The van der Waals surface area contributed by atoms with Crippen LogP contribution < -0.4 is 11.1 Å². The Morgan fingerprint density at radius 3 is 2.89 bits per heavy atom. The predicted octanol–water partition coefficient (Wildman–Crippen LogP) is 2.72. The van der Waals surface area contributed by atoms with Crippen LogP contribution in [-0.4, -0.2) is 28.4 Å². The fraction of sp³-hybridized carbons (Fsp3) is 0.538. The topological polar surface area (TPSA) is 68.0 Å². The maximum Gasteiger partial charge on any atom is 0.253 e. The lowest BCUT2D eigenvalue weighted by atomic mass is 10.1. The van der Waals surface area contributed by atoms with Gasteiger partial charge in [-0.3, -0.25) is 4.79 Å². The van der Waals surface area contributed by atoms with Crippen molar-refractivity contribution in [1.29, 1.82) is 0 Å². The lowest BCUT2D eigenvalue weighted by molar-refractivity contribution is 0.0949. The maximum absolute atomic E-state index is 12.1. The lowest BCUT2D eigenvalue weighted by Gasteiger charge is -2.27. The van der Waals surface area contributed by atoms with Crippen molar-refractivity contribution in [2.24, 2.45) is 0 Å². The molecule has 1 amide bonds. The number of nitrogens with zero attached hydrogens (tertiary/aromatic N) is 1. The van der Waals surface area contributed by atoms with E-state index in [1.807, 2.05) is 11.8 Å². The highest BCUT2D eigenvalue weighted by molar-refractivity contribution is 8.00. The highest BCUT2D eigenvalue weighted by Crippen LogP contribution is 2.39. The van der Waals surface area contributed by atoms with Crippen LogP contribution in [0.15, 0.2) is 12.3 Å². The van der Waals surface area contributed by atoms with Gasteiger partial charge in [0.15, 0.2) is 0 Å². The summed E-state index contributed by atoms with van der Waals surface area (Å²) in [5.41, 5.74) is 5.97. The molecule has 1 aromatic heterocycles. The summed E-state index contributed by atoms with van der Waals surface area (Å²) in [5, 5.41) is 3.30. The average molecular weight is 300 g/mol. The molecule has 104 valence electrons. The summed E-state index contributed by atoms with van der Waals surface area (Å²) >= 11 is 7.81. The Morgan fingerprint density at radius 1 is 1.58 bits per heavy atom. The average Bonchev–Trinajstić information content (AvgIpc) is 2.88. The van der Waals surface area contributed by atoms with Crippen molar-refractivity contribution in [3.8, 4) is 0 Å². The van der Waals surface area contributed by atoms with Gasteiger partial charge >= 0.3 is 0 Å². The molecule has 0 saturated heterocycles. The SMILES string of the molecule is CSC1(CNC(=O)c2cc(N)ncc2Cl)CCCC1. The molecule has 0 aliphatic heterocycles. The first-order valence-electron chi connectivity index (χ1n) is 6.31. The second-order valence-electron chi connectivity index (χ2n) is 4.87. The zero-order valence-electron chi connectivity index (χ0n) is 10.9. The van der Waals surface area contributed by atoms with Crippen molar-refractivity contribution in [3.05, 3.63) is 22.8 Å². The first-order chi connectivity index (χ1) is 9.06. The van der Waals surface area contributed by atoms with Gasteiger partial charge in [-0.1, -0.05) is 24.4 Å². The van der Waals surface area contributed by atoms with Crippen molar-refractivity contribution >= 4 is 35.1 Å². The van der Waals surface area contributed by atoms with Crippen molar-refractivity contribution in [3.63, 3.8) is 0 Å². The van der Waals surface area contributed by atoms with Gasteiger partial charge in [0.05, 0.1) is 10.6 Å². The third-order valence-corrected chi connectivity index (χ3v) is 5.36. The van der Waals surface area contributed by atoms with E-state index in [0.29, 0.717) is 22.9 Å². The monoisotopic (exact) mass is 299 g/mol. The van der Waals surface area contributed by atoms with Crippen molar-refractivity contribution in [2.75, 3.05) is 18.5 Å². The maximum atomic E-state index is 12.1. The Balaban J connectivity index is 2.03. The van der Waals surface area contributed by atoms with Gasteiger partial charge in [0.2, 0.25) is 0 Å². The molecule has 0 spiro atoms. The van der Waals surface area contributed by atoms with Crippen molar-refractivity contribution < 1.29 is 4.79 Å². The van der Waals surface area contributed by atoms with E-state index in [1.165, 1.54) is 25.1 Å². The summed E-state index contributed by atoms with van der Waals surface area (Å²) in [6.07, 6.45) is 8.29. The Morgan fingerprint density at radius 2 is 2.26 bits per heavy atom. The molecular weight excluding hydrogens is 282 g/mol. The molecule has 1 aliphatic rings. The first-order valence-corrected chi connectivity index (χ1v) is 7.91. The van der Waals surface area contributed by atoms with E-state index in [0.717, 1.165) is 12.8 Å². The minimum absolute atomic E-state index is 0.181. The molecule has 1 saturated carbocycles. The smallest absolute Gasteiger partial charge is 0.253 e. The number of carbonyl (C=O) groups is 1. The van der Waals surface area contributed by atoms with Crippen LogP contribution >= 0.6 is 23.4 Å². The lowest BCUT2D eigenvalue weighted by Crippen LogP contribution is -2.38. The van der Waals surface area contributed by atoms with Gasteiger partial charge in [-0.15, -0.1) is 0 Å². The van der Waals surface area contributed by atoms with Crippen molar-refractivity contribution in [1.82, 2.24) is 10.3 Å². The zero-order chi connectivity index (χ0) is 13.9. The minimum Gasteiger partial charge on any atom is -0.384 e. The molecular formula is C13H18ClN3OS. The Kier molecular flexibility index (Phi) is 4.58. The summed E-state index contributed by atoms with van der Waals surface area (Å²) in [4.78, 5) is 16.0. The van der Waals surface area contributed by atoms with E-state index >= 15 is 0 Å². The number of aromatic nitrogens is 1. The normalized spacial score (nSPS) is 17.4. The van der Waals surface area contributed by atoms with E-state index < -0.39 is 0 Å². The van der Waals surface area contributed by atoms with Crippen LogP contribution in [0.1, 0.15) is 36.0 Å². The predicted molar refractivity (Wildman–Crippen MR) is 80.7 cm³/mol. The van der Waals surface area contributed by atoms with Crippen molar-refractivity contribution in [2.45, 2.75) is 30.4 Å². The zero-order valence-corrected chi connectivity index (χ0v) is 12.5. The molecule has 1 fully saturated rings. The molecule has 0 bridgehead atoms. The van der Waals surface area contributed by atoms with E-state index in [-0.39, 0.29) is 10.7 Å². The molecule has 0 atom stereocenters. The molecule has 1 heterocycles. The Hall–Kier alpha value is -0.940. The second kappa shape index (κ2) is 6.01. The summed E-state index contributed by atoms with van der Waals surface area (Å²) in [5.74, 6) is 0.120. The van der Waals surface area contributed by atoms with Crippen LogP contribution in [0.5, 0.6) is 0 Å². The first kappa shape index (κ1) is 14.5. The standard InChI is InChI=1S/C13H18ClN3OS/c1-19-13(4-2-3-5-13)8-17-12(18)9-6-11(15)16-7-10(9)14/h6-7H,2-5,8H2,1H3,(H2,15,16)(H,17,18). The molecule has 0 radical (unpaired) electrons. The number of pyridine rings is 1. The number of nitrogen functional groups attached to an aromatic ring is 1. The number of carbonyl (C=O) groups excluding carboxylic acids is 1. The molecule has 0 aromatic carbocycles. The highest BCUT2D eigenvalue weighted by Gasteiger charge is 2.33. The Bertz CT molecular complexity index is 475. The number of nitrogens with two attached hydrogens (primary N) is 1. The van der Waals surface area contributed by atoms with Crippen LogP contribution in [-0.2, 0) is 0 Å². The quantitative estimate of drug-likeness (QED) is 0.897. The number of hydrogen-bond donors (Lipinski definition) is 2. The minimum atomic E-state index is -0.181. The van der Waals surface area contributed by atoms with E-state index in [1.54, 1.807) is 0 Å². The Labute approximate surface area is 122 Å². The van der Waals surface area contributed by atoms with E-state index in [4.69, 9.17) is 17.3 Å². The molecule has 1 aromatic rings. The molecule has 0 unspecified atom stereocenters. The van der Waals surface area contributed by atoms with Gasteiger partial charge < -0.3 is 11.1 Å². The van der Waals surface area contributed by atoms with Crippen LogP contribution in [0.4, 0.5) is 5.82 Å². The van der Waals surface area contributed by atoms with E-state index in [9.17, 15) is 4.79 Å². The number of rotatable bonds is 4. The molecule has 3 N–H and O–H groups in total. The van der Waals surface area contributed by atoms with Crippen LogP contribution in [0, 0.1) is 0 Å². The van der Waals surface area contributed by atoms with E-state index in [2.05, 4.69) is 16.6 Å². The molecule has 2 rings (SSSR count). The fourth-order valence-corrected chi connectivity index (χ4v) is 3.54. The molecule has 4 nitrogen and oxygen atoms in total. The van der Waals surface area contributed by atoms with Crippen LogP contribution in [0.25, 0.3) is 0 Å². The molecule has 1 aliphatic carbocycles. The number of nitrogens with one attached hydrogen (secondary N) is 1. The van der Waals surface area contributed by atoms with Gasteiger partial charge in [-0.25, -0.2) is 4.98 Å². The fourth-order valence-electron chi connectivity index (χ4n) is 2.44. The van der Waals surface area contributed by atoms with Crippen LogP contribution in [0.3, 0.4) is 0 Å². The number of halogens is 1. The van der Waals surface area contributed by atoms with Gasteiger partial charge in [0.25, 0.3) is 5.91 Å². The number of amides is 1. The summed E-state index contributed by atoms with van der Waals surface area (Å²) in [6, 6.07) is 1.51. The molecule has 6 heteroatoms. The summed E-state index contributed by atoms with van der Waals surface area (Å²) in [7, 11) is 0. The van der Waals surface area contributed by atoms with Gasteiger partial charge in [0, 0.05) is 17.5 Å². The summed E-state index contributed by atoms with van der Waals surface area (Å²) < 4.78 is 0.181. The summed E-state index contributed by atoms with van der Waals surface area (Å²) in [6.45, 7) is 0.672. The molecule has 19 heavy (non-hydrogen) atoms. The number of hydrogen-bond acceptors (Lipinski definition) is 4. The largest absolute Gasteiger partial charge is 0.384 e. The van der Waals surface area contributed by atoms with Gasteiger partial charge in [0.1, 0.15) is 5.82 Å². The second-order valence-corrected chi connectivity index (χ2v) is 6.55. The highest BCUT2D eigenvalue weighted by atomic mass is 35.5. The third-order valence-electron chi connectivity index (χ3n) is 3.64. The number of anilines is 1. The third kappa shape index (κ3) is 3.34.